The molecule has 3 aliphatic heterocycles. The molecule has 13 nitrogen and oxygen atoms in total. The molecule has 12 atom stereocenters. The van der Waals surface area contributed by atoms with E-state index in [2.05, 4.69) is 5.32 Å². The second-order valence-corrected chi connectivity index (χ2v) is 14.7. The summed E-state index contributed by atoms with van der Waals surface area (Å²) < 4.78 is 47.1. The number of alkyl halides is 1. The molecule has 0 saturated carbocycles. The van der Waals surface area contributed by atoms with Crippen molar-refractivity contribution in [2.45, 2.75) is 148 Å². The summed E-state index contributed by atoms with van der Waals surface area (Å²) in [6.45, 7) is 12.6. The normalized spacial score (nSPS) is 43.3. The van der Waals surface area contributed by atoms with Crippen molar-refractivity contribution < 1.29 is 57.5 Å². The number of amides is 1. The highest BCUT2D eigenvalue weighted by Gasteiger charge is 2.56. The Labute approximate surface area is 289 Å². The van der Waals surface area contributed by atoms with E-state index in [9.17, 15) is 29.4 Å². The van der Waals surface area contributed by atoms with Crippen molar-refractivity contribution in [2.75, 3.05) is 27.3 Å². The molecule has 1 fully saturated rings. The van der Waals surface area contributed by atoms with E-state index in [0.29, 0.717) is 17.7 Å². The van der Waals surface area contributed by atoms with E-state index in [1.165, 1.54) is 13.8 Å². The molecule has 3 rings (SSSR count). The number of ketones is 2. The number of carbonyl (C=O) groups is 4. The van der Waals surface area contributed by atoms with Crippen molar-refractivity contribution in [3.63, 3.8) is 0 Å². The standard InChI is InChI=1S/C35H57FN2O11/c1-12-24-35(9,44)30-20(5)26(37-25(40)13-2)18(3)15-33(7,46-17-22(39)16-45-30)29(21(6)28(42)34(8,36)32(43)48-24)49-31-27(41)23(38(10)11)14-19(4)47-31/h19-21,23-24,27,29-31,41,44H,12-17H2,1-11H3,(H,37,40)/b26-18+/t19-,20+,21+,23+,24-,27-,29-,30-,31+,33-,34+,35-/m1/s1. The molecule has 1 amide bonds. The maximum atomic E-state index is 16.6. The van der Waals surface area contributed by atoms with Crippen LogP contribution in [-0.2, 0) is 42.9 Å². The molecule has 1 saturated heterocycles. The van der Waals surface area contributed by atoms with Crippen LogP contribution in [0.4, 0.5) is 4.39 Å². The molecule has 0 radical (unpaired) electrons. The number of hydrogen-bond acceptors (Lipinski definition) is 12. The van der Waals surface area contributed by atoms with Crippen LogP contribution in [-0.4, -0.2) is 126 Å². The van der Waals surface area contributed by atoms with E-state index in [1.54, 1.807) is 48.7 Å². The molecule has 3 heterocycles. The van der Waals surface area contributed by atoms with Crippen molar-refractivity contribution in [3.05, 3.63) is 11.3 Å². The highest BCUT2D eigenvalue weighted by atomic mass is 19.1. The van der Waals surface area contributed by atoms with Gasteiger partial charge in [0.25, 0.3) is 5.67 Å². The average Bonchev–Trinajstić information content (AvgIpc) is 3.04. The first-order valence-corrected chi connectivity index (χ1v) is 17.2. The van der Waals surface area contributed by atoms with Crippen LogP contribution in [0, 0.1) is 11.8 Å². The zero-order valence-electron chi connectivity index (χ0n) is 30.8. The first kappa shape index (κ1) is 41.1. The van der Waals surface area contributed by atoms with Gasteiger partial charge in [0.2, 0.25) is 5.91 Å². The second-order valence-electron chi connectivity index (χ2n) is 14.7. The fourth-order valence-corrected chi connectivity index (χ4v) is 7.44. The van der Waals surface area contributed by atoms with Crippen molar-refractivity contribution in [1.82, 2.24) is 10.2 Å². The monoisotopic (exact) mass is 700 g/mol. The molecule has 3 aliphatic rings. The van der Waals surface area contributed by atoms with E-state index in [1.807, 2.05) is 11.8 Å². The third-order valence-corrected chi connectivity index (χ3v) is 10.3. The zero-order chi connectivity index (χ0) is 37.2. The van der Waals surface area contributed by atoms with Crippen LogP contribution >= 0.6 is 0 Å². The number of esters is 1. The summed E-state index contributed by atoms with van der Waals surface area (Å²) in [7, 11) is 3.60. The molecule has 0 spiro atoms. The predicted octanol–water partition coefficient (Wildman–Crippen LogP) is 2.39. The molecule has 0 aliphatic carbocycles. The van der Waals surface area contributed by atoms with E-state index in [4.69, 9.17) is 23.7 Å². The number of cyclic esters (lactones) is 1. The maximum Gasteiger partial charge on any atom is 0.351 e. The number of nitrogens with zero attached hydrogens (tertiary/aromatic N) is 1. The molecule has 2 bridgehead atoms. The topological polar surface area (TPSA) is 170 Å². The number of aliphatic hydroxyl groups excluding tert-OH is 1. The van der Waals surface area contributed by atoms with Gasteiger partial charge in [-0.3, -0.25) is 14.4 Å². The number of rotatable bonds is 6. The highest BCUT2D eigenvalue weighted by molar-refractivity contribution is 6.07. The first-order chi connectivity index (χ1) is 22.6. The second kappa shape index (κ2) is 15.9. The lowest BCUT2D eigenvalue weighted by atomic mass is 9.76. The lowest BCUT2D eigenvalue weighted by Gasteiger charge is -2.47. The highest BCUT2D eigenvalue weighted by Crippen LogP contribution is 2.41. The molecule has 0 aromatic carbocycles. The summed E-state index contributed by atoms with van der Waals surface area (Å²) in [6.07, 6.45) is -6.41. The van der Waals surface area contributed by atoms with Gasteiger partial charge >= 0.3 is 5.97 Å². The molecule has 0 aromatic heterocycles. The smallest absolute Gasteiger partial charge is 0.351 e. The van der Waals surface area contributed by atoms with Crippen molar-refractivity contribution >= 4 is 23.4 Å². The van der Waals surface area contributed by atoms with Gasteiger partial charge < -0.3 is 44.1 Å². The van der Waals surface area contributed by atoms with E-state index >= 15 is 4.39 Å². The van der Waals surface area contributed by atoms with Crippen LogP contribution in [0.1, 0.15) is 88.0 Å². The fourth-order valence-electron chi connectivity index (χ4n) is 7.44. The molecule has 49 heavy (non-hydrogen) atoms. The predicted molar refractivity (Wildman–Crippen MR) is 176 cm³/mol. The van der Waals surface area contributed by atoms with Gasteiger partial charge in [0, 0.05) is 36.4 Å². The summed E-state index contributed by atoms with van der Waals surface area (Å²) in [5.41, 5.74) is -5.95. The number of fused-ring (bicyclic) bond motifs is 4. The minimum atomic E-state index is -3.20. The SMILES string of the molecule is CCC(=O)N/C1=C(\C)C[C@@]2(C)OCC(=O)CO[C@H]([C@H]1C)[C@](C)(O)[C@@H](CC)OC(=O)[C@@](C)(F)C(=O)[C@H](C)[C@H]2O[C@@H]1O[C@H](C)C[C@H](N(C)C)[C@H]1O. The van der Waals surface area contributed by atoms with Gasteiger partial charge in [-0.1, -0.05) is 33.3 Å². The van der Waals surface area contributed by atoms with Crippen LogP contribution < -0.4 is 5.32 Å². The summed E-state index contributed by atoms with van der Waals surface area (Å²) in [5, 5.41) is 26.3. The molecular weight excluding hydrogens is 643 g/mol. The quantitative estimate of drug-likeness (QED) is 0.274. The molecular formula is C35H57FN2O11. The number of carbonyl (C=O) groups excluding carboxylic acids is 4. The number of likely N-dealkylation sites (N-methyl/N-ethyl adjacent to an activating group) is 1. The van der Waals surface area contributed by atoms with E-state index in [-0.39, 0.29) is 31.3 Å². The van der Waals surface area contributed by atoms with Crippen LogP contribution in [0.15, 0.2) is 11.3 Å². The molecule has 0 aromatic rings. The third-order valence-electron chi connectivity index (χ3n) is 10.3. The molecule has 14 heteroatoms. The number of nitrogens with one attached hydrogen (secondary N) is 1. The Balaban J connectivity index is 2.36. The number of ether oxygens (including phenoxy) is 5. The Morgan fingerprint density at radius 2 is 1.71 bits per heavy atom. The number of halogens is 1. The van der Waals surface area contributed by atoms with Gasteiger partial charge in [-0.25, -0.2) is 9.18 Å². The average molecular weight is 701 g/mol. The lowest BCUT2D eigenvalue weighted by molar-refractivity contribution is -0.295. The summed E-state index contributed by atoms with van der Waals surface area (Å²) in [6, 6.07) is -0.395. The van der Waals surface area contributed by atoms with Gasteiger partial charge in [-0.2, -0.15) is 0 Å². The Kier molecular flexibility index (Phi) is 13.3. The minimum Gasteiger partial charge on any atom is -0.457 e. The number of aliphatic hydroxyl groups is 2. The Hall–Kier alpha value is -2.33. The summed E-state index contributed by atoms with van der Waals surface area (Å²) in [5.74, 6) is -5.81. The Morgan fingerprint density at radius 1 is 1.08 bits per heavy atom. The third kappa shape index (κ3) is 8.77. The van der Waals surface area contributed by atoms with Crippen molar-refractivity contribution in [1.29, 1.82) is 0 Å². The summed E-state index contributed by atoms with van der Waals surface area (Å²) in [4.78, 5) is 55.7. The van der Waals surface area contributed by atoms with Crippen LogP contribution in [0.2, 0.25) is 0 Å². The summed E-state index contributed by atoms with van der Waals surface area (Å²) >= 11 is 0. The Morgan fingerprint density at radius 3 is 2.29 bits per heavy atom. The maximum absolute atomic E-state index is 16.6. The van der Waals surface area contributed by atoms with Crippen molar-refractivity contribution in [3.8, 4) is 0 Å². The fraction of sp³-hybridized carbons (Fsp3) is 0.829. The van der Waals surface area contributed by atoms with Crippen LogP contribution in [0.25, 0.3) is 0 Å². The minimum absolute atomic E-state index is 0.00646. The Bertz CT molecular complexity index is 1270. The van der Waals surface area contributed by atoms with Gasteiger partial charge in [0.1, 0.15) is 31.0 Å². The molecule has 0 unspecified atom stereocenters. The van der Waals surface area contributed by atoms with Gasteiger partial charge in [-0.05, 0) is 61.6 Å². The van der Waals surface area contributed by atoms with Gasteiger partial charge in [0.05, 0.1) is 23.9 Å². The van der Waals surface area contributed by atoms with Crippen LogP contribution in [0.3, 0.4) is 0 Å². The number of hydrogen-bond donors (Lipinski definition) is 3. The largest absolute Gasteiger partial charge is 0.457 e. The molecule has 3 N–H and O–H groups in total. The van der Waals surface area contributed by atoms with E-state index in [0.717, 1.165) is 6.92 Å². The molecule has 280 valence electrons. The van der Waals surface area contributed by atoms with Gasteiger partial charge in [-0.15, -0.1) is 0 Å². The van der Waals surface area contributed by atoms with Gasteiger partial charge in [0.15, 0.2) is 17.9 Å². The number of Topliss-reactive ketones (excluding diaryl/α,β-unsaturated/α-hetero) is 2. The first-order valence-electron chi connectivity index (χ1n) is 17.2. The van der Waals surface area contributed by atoms with Crippen molar-refractivity contribution in [2.24, 2.45) is 11.8 Å². The van der Waals surface area contributed by atoms with Crippen LogP contribution in [0.5, 0.6) is 0 Å². The zero-order valence-corrected chi connectivity index (χ0v) is 30.8. The van der Waals surface area contributed by atoms with E-state index < -0.39 is 96.2 Å². The lowest BCUT2D eigenvalue weighted by Crippen LogP contribution is -2.61.